The number of nitrogens with zero attached hydrogens (tertiary/aromatic N) is 3. The highest BCUT2D eigenvalue weighted by molar-refractivity contribution is 6.05. The Bertz CT molecular complexity index is 976. The molecule has 1 aliphatic carbocycles. The van der Waals surface area contributed by atoms with Crippen molar-refractivity contribution in [3.8, 4) is 5.88 Å². The molecule has 4 heteroatoms. The number of aromatic nitrogens is 2. The van der Waals surface area contributed by atoms with E-state index in [1.807, 2.05) is 47.9 Å². The van der Waals surface area contributed by atoms with Crippen LogP contribution in [-0.2, 0) is 13.5 Å². The second-order valence-corrected chi connectivity index (χ2v) is 7.35. The zero-order chi connectivity index (χ0) is 22.8. The Kier molecular flexibility index (Phi) is 9.51. The van der Waals surface area contributed by atoms with Gasteiger partial charge in [0.15, 0.2) is 0 Å². The molecule has 0 saturated carbocycles. The highest BCUT2D eigenvalue weighted by atomic mass is 16.5. The fourth-order valence-corrected chi connectivity index (χ4v) is 3.68. The van der Waals surface area contributed by atoms with Crippen molar-refractivity contribution in [2.75, 3.05) is 6.61 Å². The van der Waals surface area contributed by atoms with Crippen LogP contribution >= 0.6 is 0 Å². The summed E-state index contributed by atoms with van der Waals surface area (Å²) >= 11 is 0. The standard InChI is InChI=1S/C23H25N3O.2C2H6/c1-16-13-20-8-4-5-10-21(20)24-22(16)19-9-6-7-18(11-12-19)15-27-23-17(2)14-26(3)25-23;2*1-2/h4-8,10-12,14,16H,9,13,15H2,1-3H3;2*1-2H3. The van der Waals surface area contributed by atoms with Crippen LogP contribution < -0.4 is 4.74 Å². The summed E-state index contributed by atoms with van der Waals surface area (Å²) in [6.07, 6.45) is 12.6. The molecule has 2 heterocycles. The summed E-state index contributed by atoms with van der Waals surface area (Å²) in [6.45, 7) is 12.8. The maximum atomic E-state index is 5.89. The molecule has 0 radical (unpaired) electrons. The van der Waals surface area contributed by atoms with Crippen molar-refractivity contribution in [2.24, 2.45) is 18.0 Å². The van der Waals surface area contributed by atoms with Crippen LogP contribution in [0.5, 0.6) is 5.88 Å². The predicted octanol–water partition coefficient (Wildman–Crippen LogP) is 6.94. The third-order valence-corrected chi connectivity index (χ3v) is 5.06. The Hall–Kier alpha value is -2.88. The molecule has 0 amide bonds. The van der Waals surface area contributed by atoms with E-state index in [9.17, 15) is 0 Å². The van der Waals surface area contributed by atoms with Crippen LogP contribution in [0.1, 0.15) is 52.2 Å². The summed E-state index contributed by atoms with van der Waals surface area (Å²) in [6, 6.07) is 8.45. The van der Waals surface area contributed by atoms with E-state index in [0.29, 0.717) is 18.4 Å². The lowest BCUT2D eigenvalue weighted by molar-refractivity contribution is 0.335. The van der Waals surface area contributed by atoms with Gasteiger partial charge in [0, 0.05) is 30.4 Å². The van der Waals surface area contributed by atoms with E-state index in [2.05, 4.69) is 60.6 Å². The lowest BCUT2D eigenvalue weighted by Gasteiger charge is -2.23. The molecule has 166 valence electrons. The molecule has 1 atom stereocenters. The molecule has 1 unspecified atom stereocenters. The lowest BCUT2D eigenvalue weighted by atomic mass is 9.87. The van der Waals surface area contributed by atoms with Gasteiger partial charge >= 0.3 is 0 Å². The highest BCUT2D eigenvalue weighted by Gasteiger charge is 2.21. The summed E-state index contributed by atoms with van der Waals surface area (Å²) in [5.74, 6) is 1.13. The molecule has 1 aliphatic heterocycles. The fraction of sp³-hybridized carbons (Fsp3) is 0.407. The average molecular weight is 420 g/mol. The molecule has 0 bridgehead atoms. The summed E-state index contributed by atoms with van der Waals surface area (Å²) in [4.78, 5) is 4.97. The molecule has 0 fully saturated rings. The Morgan fingerprint density at radius 1 is 1.10 bits per heavy atom. The first-order valence-corrected chi connectivity index (χ1v) is 11.5. The second kappa shape index (κ2) is 12.1. The number of para-hydroxylation sites is 1. The van der Waals surface area contributed by atoms with E-state index in [0.717, 1.165) is 29.7 Å². The molecule has 0 spiro atoms. The van der Waals surface area contributed by atoms with Gasteiger partial charge in [0.05, 0.1) is 5.69 Å². The van der Waals surface area contributed by atoms with Crippen molar-refractivity contribution in [1.29, 1.82) is 0 Å². The van der Waals surface area contributed by atoms with Gasteiger partial charge in [0.25, 0.3) is 0 Å². The normalized spacial score (nSPS) is 16.9. The third kappa shape index (κ3) is 6.30. The predicted molar refractivity (Wildman–Crippen MR) is 132 cm³/mol. The topological polar surface area (TPSA) is 39.4 Å². The van der Waals surface area contributed by atoms with E-state index in [1.54, 1.807) is 4.68 Å². The van der Waals surface area contributed by atoms with Gasteiger partial charge in [-0.2, -0.15) is 0 Å². The Morgan fingerprint density at radius 2 is 1.84 bits per heavy atom. The number of benzene rings is 1. The van der Waals surface area contributed by atoms with Gasteiger partial charge in [-0.15, -0.1) is 5.10 Å². The number of hydrogen-bond acceptors (Lipinski definition) is 3. The van der Waals surface area contributed by atoms with E-state index in [4.69, 9.17) is 9.73 Å². The molecule has 1 aromatic carbocycles. The SMILES string of the molecule is CC.CC.Cc1cn(C)nc1OCC1=CC=C(C2=Nc3ccccc3CC2C)CC=C1. The van der Waals surface area contributed by atoms with Gasteiger partial charge in [-0.3, -0.25) is 9.67 Å². The van der Waals surface area contributed by atoms with Crippen LogP contribution in [0.3, 0.4) is 0 Å². The Labute approximate surface area is 188 Å². The van der Waals surface area contributed by atoms with Gasteiger partial charge in [0.1, 0.15) is 6.61 Å². The summed E-state index contributed by atoms with van der Waals surface area (Å²) in [7, 11) is 1.91. The van der Waals surface area contributed by atoms with Crippen molar-refractivity contribution >= 4 is 11.4 Å². The van der Waals surface area contributed by atoms with Crippen LogP contribution in [0.25, 0.3) is 0 Å². The minimum atomic E-state index is 0.432. The Balaban J connectivity index is 0.000000807. The molecule has 31 heavy (non-hydrogen) atoms. The van der Waals surface area contributed by atoms with Crippen molar-refractivity contribution in [1.82, 2.24) is 9.78 Å². The van der Waals surface area contributed by atoms with E-state index >= 15 is 0 Å². The van der Waals surface area contributed by atoms with Crippen molar-refractivity contribution in [3.63, 3.8) is 0 Å². The van der Waals surface area contributed by atoms with Crippen LogP contribution in [0.4, 0.5) is 5.69 Å². The van der Waals surface area contributed by atoms with Crippen LogP contribution in [0.2, 0.25) is 0 Å². The molecule has 4 nitrogen and oxygen atoms in total. The number of fused-ring (bicyclic) bond motifs is 1. The minimum Gasteiger partial charge on any atom is -0.472 e. The number of allylic oxidation sites excluding steroid dienone is 4. The van der Waals surface area contributed by atoms with Crippen molar-refractivity contribution < 1.29 is 4.74 Å². The molecule has 2 aromatic rings. The van der Waals surface area contributed by atoms with Gasteiger partial charge in [-0.1, -0.05) is 77.1 Å². The fourth-order valence-electron chi connectivity index (χ4n) is 3.68. The number of aryl methyl sites for hydroxylation is 2. The van der Waals surface area contributed by atoms with Crippen molar-refractivity contribution in [3.05, 3.63) is 77.0 Å². The van der Waals surface area contributed by atoms with Crippen molar-refractivity contribution in [2.45, 2.75) is 54.4 Å². The monoisotopic (exact) mass is 419 g/mol. The first-order chi connectivity index (χ1) is 15.1. The van der Waals surface area contributed by atoms with E-state index in [1.165, 1.54) is 16.8 Å². The molecular formula is C27H37N3O. The molecule has 2 aliphatic rings. The van der Waals surface area contributed by atoms with E-state index in [-0.39, 0.29) is 0 Å². The average Bonchev–Trinajstić information content (AvgIpc) is 2.97. The van der Waals surface area contributed by atoms with Gasteiger partial charge in [-0.25, -0.2) is 0 Å². The Morgan fingerprint density at radius 3 is 2.55 bits per heavy atom. The first kappa shape index (κ1) is 24.4. The third-order valence-electron chi connectivity index (χ3n) is 5.06. The smallest absolute Gasteiger partial charge is 0.236 e. The quantitative estimate of drug-likeness (QED) is 0.538. The first-order valence-electron chi connectivity index (χ1n) is 11.5. The van der Waals surface area contributed by atoms with E-state index < -0.39 is 0 Å². The molecule has 4 rings (SSSR count). The maximum Gasteiger partial charge on any atom is 0.236 e. The highest BCUT2D eigenvalue weighted by Crippen LogP contribution is 2.32. The van der Waals surface area contributed by atoms with Gasteiger partial charge in [-0.05, 0) is 42.5 Å². The number of aliphatic imine (C=N–C) groups is 1. The summed E-state index contributed by atoms with van der Waals surface area (Å²) < 4.78 is 7.67. The largest absolute Gasteiger partial charge is 0.472 e. The van der Waals surface area contributed by atoms with Crippen LogP contribution in [0, 0.1) is 12.8 Å². The summed E-state index contributed by atoms with van der Waals surface area (Å²) in [5, 5.41) is 4.35. The van der Waals surface area contributed by atoms with Gasteiger partial charge < -0.3 is 4.74 Å². The number of ether oxygens (including phenoxy) is 1. The lowest BCUT2D eigenvalue weighted by Crippen LogP contribution is -2.19. The second-order valence-electron chi connectivity index (χ2n) is 7.35. The maximum absolute atomic E-state index is 5.89. The van der Waals surface area contributed by atoms with Gasteiger partial charge in [0.2, 0.25) is 5.88 Å². The number of hydrogen-bond donors (Lipinski definition) is 0. The van der Waals surface area contributed by atoms with Crippen LogP contribution in [0.15, 0.2) is 70.9 Å². The molecule has 1 aromatic heterocycles. The minimum absolute atomic E-state index is 0.432. The van der Waals surface area contributed by atoms with Crippen LogP contribution in [-0.4, -0.2) is 22.1 Å². The zero-order valence-electron chi connectivity index (χ0n) is 20.1. The number of rotatable bonds is 4. The summed E-state index contributed by atoms with van der Waals surface area (Å²) in [5.41, 5.74) is 7.14. The molecule has 0 N–H and O–H groups in total. The molecular weight excluding hydrogens is 382 g/mol. The molecule has 0 saturated heterocycles. The zero-order valence-corrected chi connectivity index (χ0v) is 20.1.